The van der Waals surface area contributed by atoms with E-state index in [2.05, 4.69) is 5.32 Å². The van der Waals surface area contributed by atoms with Crippen LogP contribution in [0.5, 0.6) is 5.75 Å². The highest BCUT2D eigenvalue weighted by Crippen LogP contribution is 2.20. The lowest BCUT2D eigenvalue weighted by molar-refractivity contribution is -0.117. The molecule has 138 valence electrons. The molecule has 0 spiro atoms. The minimum atomic E-state index is -3.96. The zero-order chi connectivity index (χ0) is 19.3. The van der Waals surface area contributed by atoms with E-state index in [1.165, 1.54) is 24.3 Å². The Morgan fingerprint density at radius 1 is 0.852 bits per heavy atom. The van der Waals surface area contributed by atoms with Crippen LogP contribution in [0.25, 0.3) is 0 Å². The normalized spacial score (nSPS) is 12.2. The van der Waals surface area contributed by atoms with Crippen molar-refractivity contribution in [2.75, 3.05) is 5.32 Å². The van der Waals surface area contributed by atoms with E-state index in [0.717, 1.165) is 0 Å². The number of nitrogens with two attached hydrogens (primary N) is 1. The first-order chi connectivity index (χ1) is 13.0. The molecule has 3 aromatic carbocycles. The maximum absolute atomic E-state index is 12.3. The molecule has 3 N–H and O–H groups in total. The highest BCUT2D eigenvalue weighted by Gasteiger charge is 2.18. The van der Waals surface area contributed by atoms with Crippen molar-refractivity contribution in [2.45, 2.75) is 10.9 Å². The van der Waals surface area contributed by atoms with Gasteiger partial charge in [0.2, 0.25) is 5.91 Å². The molecule has 1 atom stereocenters. The van der Waals surface area contributed by atoms with Gasteiger partial charge in [-0.2, -0.15) is 8.42 Å². The molecule has 1 unspecified atom stereocenters. The maximum atomic E-state index is 12.3. The van der Waals surface area contributed by atoms with Crippen LogP contribution in [0.3, 0.4) is 0 Å². The van der Waals surface area contributed by atoms with Gasteiger partial charge in [0, 0.05) is 5.69 Å². The van der Waals surface area contributed by atoms with Crippen LogP contribution < -0.4 is 15.2 Å². The number of hydrogen-bond acceptors (Lipinski definition) is 5. The molecule has 0 fully saturated rings. The van der Waals surface area contributed by atoms with Gasteiger partial charge in [-0.05, 0) is 42.0 Å². The van der Waals surface area contributed by atoms with Crippen LogP contribution in [-0.4, -0.2) is 14.3 Å². The summed E-state index contributed by atoms with van der Waals surface area (Å²) in [5.74, 6) is -0.166. The van der Waals surface area contributed by atoms with Gasteiger partial charge in [-0.1, -0.05) is 48.5 Å². The fourth-order valence-corrected chi connectivity index (χ4v) is 3.32. The Morgan fingerprint density at radius 2 is 1.41 bits per heavy atom. The summed E-state index contributed by atoms with van der Waals surface area (Å²) in [6.45, 7) is 0. The number of benzene rings is 3. The number of anilines is 1. The molecule has 0 aromatic heterocycles. The Labute approximate surface area is 157 Å². The van der Waals surface area contributed by atoms with Crippen molar-refractivity contribution < 1.29 is 17.4 Å². The van der Waals surface area contributed by atoms with Crippen LogP contribution in [0.2, 0.25) is 0 Å². The van der Waals surface area contributed by atoms with E-state index in [0.29, 0.717) is 11.3 Å². The van der Waals surface area contributed by atoms with Gasteiger partial charge in [0.15, 0.2) is 0 Å². The van der Waals surface area contributed by atoms with Crippen molar-refractivity contribution in [3.63, 3.8) is 0 Å². The van der Waals surface area contributed by atoms with Gasteiger partial charge >= 0.3 is 10.1 Å². The quantitative estimate of drug-likeness (QED) is 0.639. The molecule has 0 aliphatic carbocycles. The zero-order valence-corrected chi connectivity index (χ0v) is 15.1. The summed E-state index contributed by atoms with van der Waals surface area (Å²) in [5.41, 5.74) is 7.06. The summed E-state index contributed by atoms with van der Waals surface area (Å²) in [4.78, 5) is 12.2. The first-order valence-electron chi connectivity index (χ1n) is 8.17. The Bertz CT molecular complexity index is 1000. The van der Waals surface area contributed by atoms with Crippen molar-refractivity contribution in [3.05, 3.63) is 90.5 Å². The first-order valence-corrected chi connectivity index (χ1v) is 9.57. The molecule has 1 amide bonds. The van der Waals surface area contributed by atoms with Crippen LogP contribution in [0.4, 0.5) is 5.69 Å². The number of carbonyl (C=O) groups excluding carboxylic acids is 1. The van der Waals surface area contributed by atoms with Gasteiger partial charge in [0.05, 0.1) is 0 Å². The number of amides is 1. The van der Waals surface area contributed by atoms with Gasteiger partial charge in [0.1, 0.15) is 16.7 Å². The molecule has 0 aliphatic heterocycles. The maximum Gasteiger partial charge on any atom is 0.339 e. The number of nitrogens with one attached hydrogen (secondary N) is 1. The molecule has 0 bridgehead atoms. The predicted octanol–water partition coefficient (Wildman–Crippen LogP) is 3.09. The Balaban J connectivity index is 1.69. The molecule has 3 aromatic rings. The number of rotatable bonds is 6. The molecule has 0 heterocycles. The van der Waals surface area contributed by atoms with E-state index in [1.54, 1.807) is 54.6 Å². The summed E-state index contributed by atoms with van der Waals surface area (Å²) < 4.78 is 29.7. The van der Waals surface area contributed by atoms with Crippen molar-refractivity contribution in [3.8, 4) is 5.75 Å². The van der Waals surface area contributed by atoms with E-state index in [4.69, 9.17) is 9.92 Å². The van der Waals surface area contributed by atoms with Gasteiger partial charge in [-0.25, -0.2) is 0 Å². The summed E-state index contributed by atoms with van der Waals surface area (Å²) in [6.07, 6.45) is 0. The molecular formula is C20H18N2O4S. The fourth-order valence-electron chi connectivity index (χ4n) is 2.39. The van der Waals surface area contributed by atoms with Gasteiger partial charge in [-0.3, -0.25) is 4.79 Å². The van der Waals surface area contributed by atoms with E-state index < -0.39 is 22.1 Å². The van der Waals surface area contributed by atoms with Crippen molar-refractivity contribution >= 4 is 21.7 Å². The Hall–Kier alpha value is -3.16. The van der Waals surface area contributed by atoms with E-state index >= 15 is 0 Å². The second-order valence-corrected chi connectivity index (χ2v) is 7.30. The average molecular weight is 382 g/mol. The summed E-state index contributed by atoms with van der Waals surface area (Å²) in [7, 11) is -3.96. The minimum absolute atomic E-state index is 0.0169. The van der Waals surface area contributed by atoms with Crippen LogP contribution >= 0.6 is 0 Å². The monoisotopic (exact) mass is 382 g/mol. The fraction of sp³-hybridized carbons (Fsp3) is 0.0500. The molecule has 0 saturated heterocycles. The molecular weight excluding hydrogens is 364 g/mol. The number of carbonyl (C=O) groups is 1. The lowest BCUT2D eigenvalue weighted by Crippen LogP contribution is -2.27. The topological polar surface area (TPSA) is 98.5 Å². The zero-order valence-electron chi connectivity index (χ0n) is 14.3. The van der Waals surface area contributed by atoms with Crippen LogP contribution in [0, 0.1) is 0 Å². The second kappa shape index (κ2) is 8.03. The summed E-state index contributed by atoms with van der Waals surface area (Å²) in [6, 6.07) is 22.1. The third kappa shape index (κ3) is 4.72. The van der Waals surface area contributed by atoms with E-state index in [-0.39, 0.29) is 10.6 Å². The van der Waals surface area contributed by atoms with Crippen molar-refractivity contribution in [1.82, 2.24) is 0 Å². The van der Waals surface area contributed by atoms with Crippen molar-refractivity contribution in [2.24, 2.45) is 5.73 Å². The molecule has 0 saturated carbocycles. The molecule has 27 heavy (non-hydrogen) atoms. The van der Waals surface area contributed by atoms with E-state index in [9.17, 15) is 13.2 Å². The highest BCUT2D eigenvalue weighted by molar-refractivity contribution is 7.87. The standard InChI is InChI=1S/C20H18N2O4S/c21-19(15-7-3-1-4-8-15)20(23)22-16-11-13-18(14-12-16)27(24,25)26-17-9-5-2-6-10-17/h1-14,19H,21H2,(H,22,23). The largest absolute Gasteiger partial charge is 0.379 e. The number of para-hydroxylation sites is 1. The molecule has 3 rings (SSSR count). The summed E-state index contributed by atoms with van der Waals surface area (Å²) >= 11 is 0. The molecule has 0 radical (unpaired) electrons. The third-order valence-electron chi connectivity index (χ3n) is 3.80. The first kappa shape index (κ1) is 18.6. The highest BCUT2D eigenvalue weighted by atomic mass is 32.2. The molecule has 0 aliphatic rings. The van der Waals surface area contributed by atoms with Crippen LogP contribution in [-0.2, 0) is 14.9 Å². The number of hydrogen-bond donors (Lipinski definition) is 2. The predicted molar refractivity (Wildman–Crippen MR) is 103 cm³/mol. The average Bonchev–Trinajstić information content (AvgIpc) is 2.69. The van der Waals surface area contributed by atoms with Crippen LogP contribution in [0.1, 0.15) is 11.6 Å². The van der Waals surface area contributed by atoms with Crippen LogP contribution in [0.15, 0.2) is 89.8 Å². The SMILES string of the molecule is NC(C(=O)Nc1ccc(S(=O)(=O)Oc2ccccc2)cc1)c1ccccc1. The molecule has 7 heteroatoms. The Kier molecular flexibility index (Phi) is 5.54. The van der Waals surface area contributed by atoms with Gasteiger partial charge < -0.3 is 15.2 Å². The Morgan fingerprint density at radius 3 is 2.00 bits per heavy atom. The minimum Gasteiger partial charge on any atom is -0.379 e. The second-order valence-electron chi connectivity index (χ2n) is 5.75. The molecule has 6 nitrogen and oxygen atoms in total. The third-order valence-corrected chi connectivity index (χ3v) is 5.06. The summed E-state index contributed by atoms with van der Waals surface area (Å²) in [5, 5.41) is 2.67. The van der Waals surface area contributed by atoms with Gasteiger partial charge in [-0.15, -0.1) is 0 Å². The van der Waals surface area contributed by atoms with E-state index in [1.807, 2.05) is 6.07 Å². The van der Waals surface area contributed by atoms with Crippen molar-refractivity contribution in [1.29, 1.82) is 0 Å². The smallest absolute Gasteiger partial charge is 0.339 e. The lowest BCUT2D eigenvalue weighted by Gasteiger charge is -2.13. The lowest BCUT2D eigenvalue weighted by atomic mass is 10.1. The van der Waals surface area contributed by atoms with Gasteiger partial charge in [0.25, 0.3) is 0 Å².